The molecule has 2 rings (SSSR count). The first kappa shape index (κ1) is 13.1. The molecular weight excluding hydrogens is 232 g/mol. The highest BCUT2D eigenvalue weighted by atomic mass is 16.5. The minimum absolute atomic E-state index is 0.0108. The van der Waals surface area contributed by atoms with Crippen LogP contribution in [0.4, 0.5) is 0 Å². The van der Waals surface area contributed by atoms with Gasteiger partial charge < -0.3 is 9.84 Å². The summed E-state index contributed by atoms with van der Waals surface area (Å²) in [4.78, 5) is 22.6. The molecule has 0 aliphatic heterocycles. The van der Waals surface area contributed by atoms with Crippen molar-refractivity contribution < 1.29 is 19.4 Å². The van der Waals surface area contributed by atoms with E-state index in [0.717, 1.165) is 12.8 Å². The van der Waals surface area contributed by atoms with Gasteiger partial charge in [-0.25, -0.2) is 0 Å². The van der Waals surface area contributed by atoms with E-state index in [1.165, 1.54) is 0 Å². The van der Waals surface area contributed by atoms with Crippen molar-refractivity contribution >= 4 is 11.9 Å². The van der Waals surface area contributed by atoms with Crippen molar-refractivity contribution in [3.05, 3.63) is 12.2 Å². The van der Waals surface area contributed by atoms with Gasteiger partial charge in [-0.2, -0.15) is 0 Å². The number of ether oxygens (including phenoxy) is 1. The Morgan fingerprint density at radius 2 is 2.06 bits per heavy atom. The zero-order valence-electron chi connectivity index (χ0n) is 10.9. The molecule has 2 bridgehead atoms. The number of hydrogen-bond donors (Lipinski definition) is 1. The van der Waals surface area contributed by atoms with Crippen LogP contribution in [0.2, 0.25) is 0 Å². The van der Waals surface area contributed by atoms with E-state index >= 15 is 0 Å². The van der Waals surface area contributed by atoms with Crippen LogP contribution >= 0.6 is 0 Å². The highest BCUT2D eigenvalue weighted by Crippen LogP contribution is 2.44. The van der Waals surface area contributed by atoms with Crippen LogP contribution in [-0.2, 0) is 14.3 Å². The largest absolute Gasteiger partial charge is 0.481 e. The van der Waals surface area contributed by atoms with Crippen LogP contribution in [0.1, 0.15) is 33.1 Å². The number of esters is 1. The summed E-state index contributed by atoms with van der Waals surface area (Å²) in [5.41, 5.74) is -0.505. The lowest BCUT2D eigenvalue weighted by molar-refractivity contribution is -0.155. The normalized spacial score (nSPS) is 29.6. The van der Waals surface area contributed by atoms with E-state index in [-0.39, 0.29) is 24.9 Å². The summed E-state index contributed by atoms with van der Waals surface area (Å²) in [6.45, 7) is 3.78. The Balaban J connectivity index is 1.82. The van der Waals surface area contributed by atoms with Crippen LogP contribution in [0.25, 0.3) is 0 Å². The number of rotatable bonds is 5. The second-order valence-corrected chi connectivity index (χ2v) is 6.23. The second kappa shape index (κ2) is 4.75. The molecule has 4 heteroatoms. The fraction of sp³-hybridized carbons (Fsp3) is 0.714. The van der Waals surface area contributed by atoms with E-state index in [9.17, 15) is 9.59 Å². The molecule has 1 N–H and O–H groups in total. The zero-order chi connectivity index (χ0) is 13.3. The number of fused-ring (bicyclic) bond motifs is 2. The molecule has 0 aromatic heterocycles. The molecule has 100 valence electrons. The standard InChI is InChI=1S/C14H20O4/c1-14(2,7-12(15)16)8-18-13(17)11-6-9-3-4-10(11)5-9/h3-4,9-11H,5-8H2,1-2H3,(H,15,16). The van der Waals surface area contributed by atoms with Crippen molar-refractivity contribution in [1.82, 2.24) is 0 Å². The van der Waals surface area contributed by atoms with Crippen molar-refractivity contribution in [2.75, 3.05) is 6.61 Å². The van der Waals surface area contributed by atoms with Gasteiger partial charge >= 0.3 is 11.9 Å². The maximum absolute atomic E-state index is 12.0. The third kappa shape index (κ3) is 2.92. The molecule has 0 heterocycles. The molecule has 2 aliphatic rings. The Bertz CT molecular complexity index is 383. The molecule has 4 nitrogen and oxygen atoms in total. The summed E-state index contributed by atoms with van der Waals surface area (Å²) in [7, 11) is 0. The van der Waals surface area contributed by atoms with Crippen molar-refractivity contribution in [3.63, 3.8) is 0 Å². The molecule has 0 aromatic rings. The average Bonchev–Trinajstić information content (AvgIpc) is 2.85. The van der Waals surface area contributed by atoms with Gasteiger partial charge in [-0.15, -0.1) is 0 Å². The summed E-state index contributed by atoms with van der Waals surface area (Å²) in [5, 5.41) is 8.76. The number of aliphatic carboxylic acids is 1. The molecule has 0 spiro atoms. The number of carbonyl (C=O) groups is 2. The monoisotopic (exact) mass is 252 g/mol. The number of carboxylic acids is 1. The molecule has 0 aromatic carbocycles. The molecular formula is C14H20O4. The molecule has 1 saturated carbocycles. The van der Waals surface area contributed by atoms with Crippen LogP contribution in [-0.4, -0.2) is 23.7 Å². The topological polar surface area (TPSA) is 63.6 Å². The molecule has 18 heavy (non-hydrogen) atoms. The van der Waals surface area contributed by atoms with Crippen molar-refractivity contribution in [2.24, 2.45) is 23.2 Å². The minimum Gasteiger partial charge on any atom is -0.481 e. The molecule has 2 aliphatic carbocycles. The van der Waals surface area contributed by atoms with Crippen LogP contribution in [0, 0.1) is 23.2 Å². The summed E-state index contributed by atoms with van der Waals surface area (Å²) in [6.07, 6.45) is 6.26. The molecule has 0 amide bonds. The number of allylic oxidation sites excluding steroid dienone is 2. The third-order valence-corrected chi connectivity index (χ3v) is 3.82. The summed E-state index contributed by atoms with van der Waals surface area (Å²) >= 11 is 0. The quantitative estimate of drug-likeness (QED) is 0.602. The molecule has 0 radical (unpaired) electrons. The highest BCUT2D eigenvalue weighted by Gasteiger charge is 2.41. The van der Waals surface area contributed by atoms with E-state index in [4.69, 9.17) is 9.84 Å². The van der Waals surface area contributed by atoms with Gasteiger partial charge in [0.1, 0.15) is 0 Å². The Morgan fingerprint density at radius 1 is 1.33 bits per heavy atom. The number of hydrogen-bond acceptors (Lipinski definition) is 3. The zero-order valence-corrected chi connectivity index (χ0v) is 10.9. The SMILES string of the molecule is CC(C)(COC(=O)C1CC2C=CC1C2)CC(=O)O. The first-order valence-corrected chi connectivity index (χ1v) is 6.44. The molecule has 1 fully saturated rings. The lowest BCUT2D eigenvalue weighted by Gasteiger charge is -2.24. The second-order valence-electron chi connectivity index (χ2n) is 6.23. The van der Waals surface area contributed by atoms with Crippen molar-refractivity contribution in [2.45, 2.75) is 33.1 Å². The Labute approximate surface area is 107 Å². The molecule has 3 atom stereocenters. The fourth-order valence-electron chi connectivity index (χ4n) is 2.89. The minimum atomic E-state index is -0.862. The lowest BCUT2D eigenvalue weighted by Crippen LogP contribution is -2.29. The first-order valence-electron chi connectivity index (χ1n) is 6.44. The van der Waals surface area contributed by atoms with Crippen LogP contribution in [0.5, 0.6) is 0 Å². The first-order chi connectivity index (χ1) is 8.37. The highest BCUT2D eigenvalue weighted by molar-refractivity contribution is 5.74. The van der Waals surface area contributed by atoms with Gasteiger partial charge in [0.25, 0.3) is 0 Å². The van der Waals surface area contributed by atoms with E-state index in [2.05, 4.69) is 12.2 Å². The van der Waals surface area contributed by atoms with Crippen LogP contribution < -0.4 is 0 Å². The van der Waals surface area contributed by atoms with Crippen LogP contribution in [0.3, 0.4) is 0 Å². The maximum Gasteiger partial charge on any atom is 0.309 e. The summed E-state index contributed by atoms with van der Waals surface area (Å²) < 4.78 is 5.31. The van der Waals surface area contributed by atoms with Gasteiger partial charge in [0, 0.05) is 5.41 Å². The van der Waals surface area contributed by atoms with Gasteiger partial charge in [0.2, 0.25) is 0 Å². The van der Waals surface area contributed by atoms with Crippen molar-refractivity contribution in [1.29, 1.82) is 0 Å². The van der Waals surface area contributed by atoms with Gasteiger partial charge in [0.15, 0.2) is 0 Å². The van der Waals surface area contributed by atoms with Gasteiger partial charge in [0.05, 0.1) is 18.9 Å². The van der Waals surface area contributed by atoms with E-state index < -0.39 is 11.4 Å². The van der Waals surface area contributed by atoms with Gasteiger partial charge in [-0.3, -0.25) is 9.59 Å². The Morgan fingerprint density at radius 3 is 2.56 bits per heavy atom. The van der Waals surface area contributed by atoms with Crippen molar-refractivity contribution in [3.8, 4) is 0 Å². The van der Waals surface area contributed by atoms with Crippen LogP contribution in [0.15, 0.2) is 12.2 Å². The lowest BCUT2D eigenvalue weighted by atomic mass is 9.90. The molecule has 3 unspecified atom stereocenters. The number of carboxylic acid groups (broad SMARTS) is 1. The van der Waals surface area contributed by atoms with E-state index in [0.29, 0.717) is 11.8 Å². The predicted molar refractivity (Wildman–Crippen MR) is 65.8 cm³/mol. The predicted octanol–water partition coefficient (Wildman–Crippen LogP) is 2.24. The fourth-order valence-corrected chi connectivity index (χ4v) is 2.89. The van der Waals surface area contributed by atoms with E-state index in [1.807, 2.05) is 0 Å². The van der Waals surface area contributed by atoms with Gasteiger partial charge in [-0.05, 0) is 24.7 Å². The number of carbonyl (C=O) groups excluding carboxylic acids is 1. The maximum atomic E-state index is 12.0. The smallest absolute Gasteiger partial charge is 0.309 e. The van der Waals surface area contributed by atoms with Gasteiger partial charge in [-0.1, -0.05) is 26.0 Å². The Hall–Kier alpha value is -1.32. The molecule has 0 saturated heterocycles. The summed E-state index contributed by atoms with van der Waals surface area (Å²) in [6, 6.07) is 0. The van der Waals surface area contributed by atoms with E-state index in [1.54, 1.807) is 13.8 Å². The average molecular weight is 252 g/mol. The Kier molecular flexibility index (Phi) is 3.46. The summed E-state index contributed by atoms with van der Waals surface area (Å²) in [5.74, 6) is -0.158. The third-order valence-electron chi connectivity index (χ3n) is 3.82.